The number of aryl methyl sites for hydroxylation is 1. The molecule has 7 nitrogen and oxygen atoms in total. The Labute approximate surface area is 211 Å². The zero-order valence-electron chi connectivity index (χ0n) is 20.9. The largest absolute Gasteiger partial charge is 0.493 e. The van der Waals surface area contributed by atoms with E-state index in [2.05, 4.69) is 24.4 Å². The van der Waals surface area contributed by atoms with E-state index in [4.69, 9.17) is 14.2 Å². The zero-order chi connectivity index (χ0) is 25.9. The minimum atomic E-state index is -0.528. The highest BCUT2D eigenvalue weighted by Gasteiger charge is 2.11. The maximum Gasteiger partial charge on any atom is 0.336 e. The fourth-order valence-electron chi connectivity index (χ4n) is 3.32. The molecule has 0 aliphatic carbocycles. The third-order valence-corrected chi connectivity index (χ3v) is 5.16. The number of rotatable bonds is 10. The van der Waals surface area contributed by atoms with E-state index in [0.717, 1.165) is 16.7 Å². The van der Waals surface area contributed by atoms with Crippen molar-refractivity contribution >= 4 is 24.2 Å². The average molecular weight is 487 g/mol. The first kappa shape index (κ1) is 26.2. The highest BCUT2D eigenvalue weighted by atomic mass is 16.6. The summed E-state index contributed by atoms with van der Waals surface area (Å²) in [6, 6.07) is 20.3. The molecule has 0 bridgehead atoms. The van der Waals surface area contributed by atoms with E-state index in [1.54, 1.807) is 24.3 Å². The van der Waals surface area contributed by atoms with Crippen molar-refractivity contribution in [2.75, 3.05) is 13.7 Å². The molecule has 7 heteroatoms. The predicted octanol–water partition coefficient (Wildman–Crippen LogP) is 5.27. The maximum absolute atomic E-state index is 12.2. The second-order valence-corrected chi connectivity index (χ2v) is 8.35. The smallest absolute Gasteiger partial charge is 0.336 e. The van der Waals surface area contributed by atoms with Crippen molar-refractivity contribution in [1.29, 1.82) is 0 Å². The Hall–Kier alpha value is -4.39. The van der Waals surface area contributed by atoms with Crippen LogP contribution in [0.15, 0.2) is 77.9 Å². The summed E-state index contributed by atoms with van der Waals surface area (Å²) in [6.45, 7) is 5.96. The van der Waals surface area contributed by atoms with E-state index in [-0.39, 0.29) is 24.2 Å². The minimum absolute atomic E-state index is 0.158. The Morgan fingerprint density at radius 2 is 1.72 bits per heavy atom. The van der Waals surface area contributed by atoms with Crippen molar-refractivity contribution in [2.24, 2.45) is 5.10 Å². The Morgan fingerprint density at radius 1 is 0.944 bits per heavy atom. The van der Waals surface area contributed by atoms with Gasteiger partial charge in [-0.1, -0.05) is 56.3 Å². The van der Waals surface area contributed by atoms with Crippen LogP contribution in [0, 0.1) is 6.92 Å². The lowest BCUT2D eigenvalue weighted by Crippen LogP contribution is -2.25. The Bertz CT molecular complexity index is 1250. The van der Waals surface area contributed by atoms with Crippen LogP contribution < -0.4 is 19.6 Å². The third kappa shape index (κ3) is 7.84. The van der Waals surface area contributed by atoms with Crippen LogP contribution in [0.1, 0.15) is 42.0 Å². The summed E-state index contributed by atoms with van der Waals surface area (Å²) < 4.78 is 16.4. The van der Waals surface area contributed by atoms with Crippen molar-refractivity contribution in [1.82, 2.24) is 5.43 Å². The third-order valence-electron chi connectivity index (χ3n) is 5.16. The van der Waals surface area contributed by atoms with Gasteiger partial charge < -0.3 is 14.2 Å². The number of benzene rings is 3. The van der Waals surface area contributed by atoms with E-state index < -0.39 is 5.97 Å². The Morgan fingerprint density at radius 3 is 2.44 bits per heavy atom. The number of esters is 1. The molecule has 0 atom stereocenters. The molecule has 186 valence electrons. The maximum atomic E-state index is 12.2. The summed E-state index contributed by atoms with van der Waals surface area (Å²) in [6.07, 6.45) is 4.49. The number of nitrogens with one attached hydrogen (secondary N) is 1. The molecule has 0 aliphatic rings. The molecule has 36 heavy (non-hydrogen) atoms. The number of carbonyl (C=O) groups excluding carboxylic acids is 2. The van der Waals surface area contributed by atoms with Crippen LogP contribution in [0.4, 0.5) is 0 Å². The number of hydrogen-bond donors (Lipinski definition) is 1. The molecule has 0 spiro atoms. The molecule has 3 aromatic rings. The first-order valence-corrected chi connectivity index (χ1v) is 11.5. The minimum Gasteiger partial charge on any atom is -0.493 e. The van der Waals surface area contributed by atoms with Crippen molar-refractivity contribution in [3.05, 3.63) is 95.1 Å². The van der Waals surface area contributed by atoms with Crippen LogP contribution in [0.2, 0.25) is 0 Å². The molecule has 0 aromatic heterocycles. The van der Waals surface area contributed by atoms with Crippen LogP contribution in [0.25, 0.3) is 6.08 Å². The van der Waals surface area contributed by atoms with Gasteiger partial charge in [0.15, 0.2) is 18.1 Å². The Kier molecular flexibility index (Phi) is 9.40. The number of nitrogens with zero attached hydrogens (tertiary/aromatic N) is 1. The second-order valence-electron chi connectivity index (χ2n) is 8.35. The van der Waals surface area contributed by atoms with Gasteiger partial charge in [-0.25, -0.2) is 10.2 Å². The molecule has 3 aromatic carbocycles. The summed E-state index contributed by atoms with van der Waals surface area (Å²) in [7, 11) is 1.48. The van der Waals surface area contributed by atoms with E-state index in [1.807, 2.05) is 55.5 Å². The van der Waals surface area contributed by atoms with Crippen LogP contribution >= 0.6 is 0 Å². The number of hydrogen-bond acceptors (Lipinski definition) is 6. The van der Waals surface area contributed by atoms with Gasteiger partial charge in [0.2, 0.25) is 0 Å². The van der Waals surface area contributed by atoms with Crippen LogP contribution in [-0.4, -0.2) is 31.8 Å². The van der Waals surface area contributed by atoms with Gasteiger partial charge in [0.1, 0.15) is 5.75 Å². The lowest BCUT2D eigenvalue weighted by molar-refractivity contribution is -0.129. The first-order chi connectivity index (χ1) is 17.4. The summed E-state index contributed by atoms with van der Waals surface area (Å²) in [5.41, 5.74) is 6.09. The van der Waals surface area contributed by atoms with Gasteiger partial charge in [-0.3, -0.25) is 4.79 Å². The molecule has 1 amide bonds. The number of ether oxygens (including phenoxy) is 3. The molecule has 0 radical (unpaired) electrons. The van der Waals surface area contributed by atoms with Crippen LogP contribution in [-0.2, 0) is 9.59 Å². The normalized spacial score (nSPS) is 11.1. The summed E-state index contributed by atoms with van der Waals surface area (Å²) in [5, 5.41) is 3.98. The highest BCUT2D eigenvalue weighted by Crippen LogP contribution is 2.28. The SMILES string of the molecule is COc1cc(/C=N\NC(=O)COc2cc(C)ccc2C(C)C)ccc1OC(=O)/C=C/c1ccccc1. The van der Waals surface area contributed by atoms with Gasteiger partial charge in [0.25, 0.3) is 5.91 Å². The van der Waals surface area contributed by atoms with Gasteiger partial charge in [0, 0.05) is 6.08 Å². The van der Waals surface area contributed by atoms with Crippen molar-refractivity contribution in [3.8, 4) is 17.2 Å². The molecule has 0 saturated carbocycles. The summed E-state index contributed by atoms with van der Waals surface area (Å²) in [5.74, 6) is 0.686. The predicted molar refractivity (Wildman–Crippen MR) is 141 cm³/mol. The standard InChI is InChI=1S/C29H30N2O5/c1-20(2)24-13-10-21(3)16-26(24)35-19-28(32)31-30-18-23-11-14-25(27(17-23)34-4)36-29(33)15-12-22-8-6-5-7-9-22/h5-18,20H,19H2,1-4H3,(H,31,32)/b15-12+,30-18-. The van der Waals surface area contributed by atoms with E-state index >= 15 is 0 Å². The van der Waals surface area contributed by atoms with E-state index in [1.165, 1.54) is 19.4 Å². The lowest BCUT2D eigenvalue weighted by atomic mass is 10.0. The molecular weight excluding hydrogens is 456 g/mol. The first-order valence-electron chi connectivity index (χ1n) is 11.5. The molecule has 0 aliphatic heterocycles. The van der Waals surface area contributed by atoms with Crippen molar-refractivity contribution in [3.63, 3.8) is 0 Å². The zero-order valence-corrected chi connectivity index (χ0v) is 20.9. The molecule has 3 rings (SSSR count). The van der Waals surface area contributed by atoms with Gasteiger partial charge in [-0.15, -0.1) is 0 Å². The fourth-order valence-corrected chi connectivity index (χ4v) is 3.32. The number of methoxy groups -OCH3 is 1. The highest BCUT2D eigenvalue weighted by molar-refractivity contribution is 5.89. The molecule has 0 unspecified atom stereocenters. The molecule has 0 saturated heterocycles. The van der Waals surface area contributed by atoms with Gasteiger partial charge in [0.05, 0.1) is 13.3 Å². The summed E-state index contributed by atoms with van der Waals surface area (Å²) >= 11 is 0. The Balaban J connectivity index is 1.55. The van der Waals surface area contributed by atoms with E-state index in [0.29, 0.717) is 17.1 Å². The molecule has 0 heterocycles. The summed E-state index contributed by atoms with van der Waals surface area (Å²) in [4.78, 5) is 24.4. The van der Waals surface area contributed by atoms with Crippen LogP contribution in [0.3, 0.4) is 0 Å². The quantitative estimate of drug-likeness (QED) is 0.139. The second kappa shape index (κ2) is 12.9. The number of carbonyl (C=O) groups is 2. The van der Waals surface area contributed by atoms with E-state index in [9.17, 15) is 9.59 Å². The molecule has 0 fully saturated rings. The number of hydrazone groups is 1. The van der Waals surface area contributed by atoms with Crippen LogP contribution in [0.5, 0.6) is 17.2 Å². The van der Waals surface area contributed by atoms with Crippen molar-refractivity contribution in [2.45, 2.75) is 26.7 Å². The molecular formula is C29H30N2O5. The van der Waals surface area contributed by atoms with Gasteiger partial charge in [-0.05, 0) is 65.4 Å². The van der Waals surface area contributed by atoms with Gasteiger partial charge >= 0.3 is 5.97 Å². The number of amides is 1. The average Bonchev–Trinajstić information content (AvgIpc) is 2.87. The topological polar surface area (TPSA) is 86.2 Å². The monoisotopic (exact) mass is 486 g/mol. The fraction of sp³-hybridized carbons (Fsp3) is 0.207. The van der Waals surface area contributed by atoms with Gasteiger partial charge in [-0.2, -0.15) is 5.10 Å². The van der Waals surface area contributed by atoms with Crippen molar-refractivity contribution < 1.29 is 23.8 Å². The lowest BCUT2D eigenvalue weighted by Gasteiger charge is -2.14. The molecule has 1 N–H and O–H groups in total.